The predicted molar refractivity (Wildman–Crippen MR) is 113 cm³/mol. The molecule has 0 bridgehead atoms. The maximum atomic E-state index is 13.4. The van der Waals surface area contributed by atoms with E-state index >= 15 is 0 Å². The summed E-state index contributed by atoms with van der Waals surface area (Å²) >= 11 is 3.13. The van der Waals surface area contributed by atoms with Crippen molar-refractivity contribution in [1.29, 1.82) is 0 Å². The van der Waals surface area contributed by atoms with Gasteiger partial charge in [0.2, 0.25) is 5.89 Å². The normalized spacial score (nSPS) is 15.8. The van der Waals surface area contributed by atoms with Gasteiger partial charge in [0.25, 0.3) is 5.56 Å². The highest BCUT2D eigenvalue weighted by Crippen LogP contribution is 2.35. The fourth-order valence-electron chi connectivity index (χ4n) is 3.62. The Labute approximate surface area is 172 Å². The molecule has 0 spiro atoms. The van der Waals surface area contributed by atoms with Gasteiger partial charge >= 0.3 is 0 Å². The molecular formula is C20H26N4O2S2. The van der Waals surface area contributed by atoms with Crippen LogP contribution >= 0.6 is 23.1 Å². The molecule has 0 aromatic carbocycles. The Bertz CT molecular complexity index is 1070. The van der Waals surface area contributed by atoms with E-state index in [9.17, 15) is 4.79 Å². The van der Waals surface area contributed by atoms with E-state index in [4.69, 9.17) is 9.51 Å². The molecule has 3 heterocycles. The van der Waals surface area contributed by atoms with Gasteiger partial charge in [-0.2, -0.15) is 4.98 Å². The van der Waals surface area contributed by atoms with Crippen LogP contribution in [0.4, 0.5) is 0 Å². The Morgan fingerprint density at radius 1 is 1.21 bits per heavy atom. The SMILES string of the molecule is Cc1sc2nc(SCc3noc(C(C)(C)C)n3)n(C3CCCC3)c(=O)c2c1C. The van der Waals surface area contributed by atoms with Gasteiger partial charge in [-0.05, 0) is 32.3 Å². The molecule has 1 aliphatic carbocycles. The summed E-state index contributed by atoms with van der Waals surface area (Å²) in [6, 6.07) is 0.238. The molecule has 150 valence electrons. The van der Waals surface area contributed by atoms with Gasteiger partial charge in [-0.25, -0.2) is 4.98 Å². The number of aromatic nitrogens is 4. The van der Waals surface area contributed by atoms with Crippen molar-refractivity contribution >= 4 is 33.3 Å². The van der Waals surface area contributed by atoms with Crippen LogP contribution in [0.5, 0.6) is 0 Å². The summed E-state index contributed by atoms with van der Waals surface area (Å²) in [7, 11) is 0. The summed E-state index contributed by atoms with van der Waals surface area (Å²) in [4.78, 5) is 24.8. The number of hydrogen-bond donors (Lipinski definition) is 0. The van der Waals surface area contributed by atoms with Crippen LogP contribution in [0.2, 0.25) is 0 Å². The van der Waals surface area contributed by atoms with Crippen LogP contribution in [-0.2, 0) is 11.2 Å². The van der Waals surface area contributed by atoms with E-state index in [2.05, 4.69) is 17.1 Å². The molecule has 0 radical (unpaired) electrons. The Kier molecular flexibility index (Phi) is 5.12. The maximum Gasteiger partial charge on any atom is 0.263 e. The van der Waals surface area contributed by atoms with Gasteiger partial charge in [0, 0.05) is 16.3 Å². The minimum absolute atomic E-state index is 0.102. The lowest BCUT2D eigenvalue weighted by atomic mass is 9.97. The van der Waals surface area contributed by atoms with E-state index < -0.39 is 0 Å². The van der Waals surface area contributed by atoms with E-state index in [0.29, 0.717) is 17.5 Å². The lowest BCUT2D eigenvalue weighted by Crippen LogP contribution is -2.26. The quantitative estimate of drug-likeness (QED) is 0.430. The van der Waals surface area contributed by atoms with Crippen molar-refractivity contribution < 1.29 is 4.52 Å². The number of rotatable bonds is 4. The Hall–Kier alpha value is -1.67. The summed E-state index contributed by atoms with van der Waals surface area (Å²) < 4.78 is 7.33. The Morgan fingerprint density at radius 2 is 1.93 bits per heavy atom. The fraction of sp³-hybridized carbons (Fsp3) is 0.600. The lowest BCUT2D eigenvalue weighted by molar-refractivity contribution is 0.319. The summed E-state index contributed by atoms with van der Waals surface area (Å²) in [5, 5.41) is 5.66. The minimum Gasteiger partial charge on any atom is -0.339 e. The molecule has 8 heteroatoms. The first-order chi connectivity index (χ1) is 13.3. The molecule has 4 rings (SSSR count). The first kappa shape index (κ1) is 19.6. The molecule has 0 N–H and O–H groups in total. The van der Waals surface area contributed by atoms with Crippen molar-refractivity contribution in [3.05, 3.63) is 32.5 Å². The van der Waals surface area contributed by atoms with Gasteiger partial charge in [-0.3, -0.25) is 9.36 Å². The largest absolute Gasteiger partial charge is 0.339 e. The molecule has 1 fully saturated rings. The average Bonchev–Trinajstić information content (AvgIpc) is 3.34. The Morgan fingerprint density at radius 3 is 2.57 bits per heavy atom. The van der Waals surface area contributed by atoms with Crippen LogP contribution in [0.3, 0.4) is 0 Å². The summed E-state index contributed by atoms with van der Waals surface area (Å²) in [6.07, 6.45) is 4.42. The first-order valence-corrected chi connectivity index (χ1v) is 11.5. The number of hydrogen-bond acceptors (Lipinski definition) is 7. The van der Waals surface area contributed by atoms with Crippen LogP contribution in [0, 0.1) is 13.8 Å². The van der Waals surface area contributed by atoms with Gasteiger partial charge in [0.05, 0.1) is 11.1 Å². The molecule has 3 aromatic heterocycles. The molecule has 28 heavy (non-hydrogen) atoms. The second-order valence-corrected chi connectivity index (χ2v) is 10.7. The molecule has 0 aliphatic heterocycles. The van der Waals surface area contributed by atoms with E-state index in [-0.39, 0.29) is 17.0 Å². The van der Waals surface area contributed by atoms with Gasteiger partial charge < -0.3 is 4.52 Å². The van der Waals surface area contributed by atoms with Crippen LogP contribution < -0.4 is 5.56 Å². The summed E-state index contributed by atoms with van der Waals surface area (Å²) in [5.41, 5.74) is 0.990. The highest BCUT2D eigenvalue weighted by Gasteiger charge is 2.26. The second-order valence-electron chi connectivity index (χ2n) is 8.53. The minimum atomic E-state index is -0.176. The molecule has 3 aromatic rings. The summed E-state index contributed by atoms with van der Waals surface area (Å²) in [5.74, 6) is 1.80. The van der Waals surface area contributed by atoms with Crippen molar-refractivity contribution in [1.82, 2.24) is 19.7 Å². The number of aryl methyl sites for hydroxylation is 2. The standard InChI is InChI=1S/C20H26N4O2S2/c1-11-12(2)28-16-15(11)17(25)24(13-8-6-7-9-13)19(22-16)27-10-14-21-18(26-23-14)20(3,4)5/h13H,6-10H2,1-5H3. The molecular weight excluding hydrogens is 392 g/mol. The van der Waals surface area contributed by atoms with Crippen LogP contribution in [0.15, 0.2) is 14.5 Å². The predicted octanol–water partition coefficient (Wildman–Crippen LogP) is 5.16. The maximum absolute atomic E-state index is 13.4. The number of fused-ring (bicyclic) bond motifs is 1. The third-order valence-electron chi connectivity index (χ3n) is 5.33. The average molecular weight is 419 g/mol. The van der Waals surface area contributed by atoms with Gasteiger partial charge in [-0.15, -0.1) is 11.3 Å². The zero-order chi connectivity index (χ0) is 20.1. The van der Waals surface area contributed by atoms with Crippen molar-refractivity contribution in [3.8, 4) is 0 Å². The van der Waals surface area contributed by atoms with Crippen molar-refractivity contribution in [2.75, 3.05) is 0 Å². The molecule has 0 amide bonds. The number of thioether (sulfide) groups is 1. The zero-order valence-electron chi connectivity index (χ0n) is 17.0. The molecule has 0 saturated heterocycles. The second kappa shape index (κ2) is 7.30. The van der Waals surface area contributed by atoms with E-state index in [1.54, 1.807) is 11.3 Å². The summed E-state index contributed by atoms with van der Waals surface area (Å²) in [6.45, 7) is 10.2. The highest BCUT2D eigenvalue weighted by atomic mass is 32.2. The van der Waals surface area contributed by atoms with E-state index in [1.165, 1.54) is 24.6 Å². The zero-order valence-corrected chi connectivity index (χ0v) is 18.7. The Balaban J connectivity index is 1.72. The number of thiophene rings is 1. The lowest BCUT2D eigenvalue weighted by Gasteiger charge is -2.17. The molecule has 1 aliphatic rings. The van der Waals surface area contributed by atoms with Gasteiger partial charge in [0.15, 0.2) is 11.0 Å². The van der Waals surface area contributed by atoms with Gasteiger partial charge in [-0.1, -0.05) is 50.5 Å². The van der Waals surface area contributed by atoms with Crippen LogP contribution in [0.25, 0.3) is 10.2 Å². The van der Waals surface area contributed by atoms with E-state index in [1.807, 2.05) is 32.3 Å². The van der Waals surface area contributed by atoms with Crippen molar-refractivity contribution in [2.24, 2.45) is 0 Å². The molecule has 6 nitrogen and oxygen atoms in total. The third-order valence-corrected chi connectivity index (χ3v) is 7.38. The van der Waals surface area contributed by atoms with Crippen molar-refractivity contribution in [3.63, 3.8) is 0 Å². The smallest absolute Gasteiger partial charge is 0.263 e. The first-order valence-electron chi connectivity index (χ1n) is 9.74. The highest BCUT2D eigenvalue weighted by molar-refractivity contribution is 7.98. The fourth-order valence-corrected chi connectivity index (χ4v) is 5.60. The number of nitrogens with zero attached hydrogens (tertiary/aromatic N) is 4. The third kappa shape index (κ3) is 3.52. The van der Waals surface area contributed by atoms with Crippen LogP contribution in [0.1, 0.15) is 74.7 Å². The molecule has 1 saturated carbocycles. The molecule has 0 unspecified atom stereocenters. The monoisotopic (exact) mass is 418 g/mol. The van der Waals surface area contributed by atoms with Crippen molar-refractivity contribution in [2.45, 2.75) is 82.7 Å². The van der Waals surface area contributed by atoms with Gasteiger partial charge in [0.1, 0.15) is 4.83 Å². The topological polar surface area (TPSA) is 73.8 Å². The van der Waals surface area contributed by atoms with Crippen LogP contribution in [-0.4, -0.2) is 19.7 Å². The van der Waals surface area contributed by atoms with E-state index in [0.717, 1.165) is 38.7 Å². The molecule has 0 atom stereocenters.